The number of rotatable bonds is 0. The van der Waals surface area contributed by atoms with Crippen LogP contribution in [0.3, 0.4) is 0 Å². The van der Waals surface area contributed by atoms with Gasteiger partial charge in [-0.2, -0.15) is 0 Å². The summed E-state index contributed by atoms with van der Waals surface area (Å²) in [7, 11) is 0. The van der Waals surface area contributed by atoms with E-state index in [0.717, 1.165) is 24.8 Å². The van der Waals surface area contributed by atoms with Gasteiger partial charge in [0.2, 0.25) is 0 Å². The first-order chi connectivity index (χ1) is 8.49. The summed E-state index contributed by atoms with van der Waals surface area (Å²) in [6.07, 6.45) is 4.27. The molecule has 0 radical (unpaired) electrons. The van der Waals surface area contributed by atoms with Crippen molar-refractivity contribution in [3.63, 3.8) is 0 Å². The summed E-state index contributed by atoms with van der Waals surface area (Å²) in [5.74, 6) is -0.416. The van der Waals surface area contributed by atoms with E-state index < -0.39 is 6.10 Å². The summed E-state index contributed by atoms with van der Waals surface area (Å²) in [6.45, 7) is 9.76. The summed E-state index contributed by atoms with van der Waals surface area (Å²) >= 11 is 0. The zero-order valence-electron chi connectivity index (χ0n) is 10.8. The highest BCUT2D eigenvalue weighted by Crippen LogP contribution is 2.36. The van der Waals surface area contributed by atoms with E-state index in [1.54, 1.807) is 0 Å². The summed E-state index contributed by atoms with van der Waals surface area (Å²) in [6, 6.07) is 0. The van der Waals surface area contributed by atoms with Crippen LogP contribution in [0.4, 0.5) is 0 Å². The molecule has 1 saturated heterocycles. The number of ether oxygens (including phenoxy) is 1. The molecule has 1 aliphatic heterocycles. The molecule has 1 N–H and O–H groups in total. The second-order valence-electron chi connectivity index (χ2n) is 5.28. The highest BCUT2D eigenvalue weighted by Gasteiger charge is 2.39. The van der Waals surface area contributed by atoms with Gasteiger partial charge in [-0.15, -0.1) is 0 Å². The molecule has 3 atom stereocenters. The fourth-order valence-electron chi connectivity index (χ4n) is 2.63. The van der Waals surface area contributed by atoms with Gasteiger partial charge in [0.25, 0.3) is 0 Å². The van der Waals surface area contributed by atoms with Crippen molar-refractivity contribution in [2.75, 3.05) is 0 Å². The molecule has 3 nitrogen and oxygen atoms in total. The highest BCUT2D eigenvalue weighted by molar-refractivity contribution is 5.90. The average molecular weight is 248 g/mol. The molecular weight excluding hydrogens is 228 g/mol. The molecule has 98 valence electrons. The lowest BCUT2D eigenvalue weighted by atomic mass is 9.84. The quantitative estimate of drug-likeness (QED) is 0.407. The second-order valence-corrected chi connectivity index (χ2v) is 5.28. The van der Waals surface area contributed by atoms with E-state index in [4.69, 9.17) is 4.74 Å². The molecular formula is C15H20O3. The lowest BCUT2D eigenvalue weighted by Gasteiger charge is -2.23. The third-order valence-corrected chi connectivity index (χ3v) is 3.85. The number of carbonyl (C=O) groups excluding carboxylic acids is 1. The molecule has 1 heterocycles. The minimum Gasteiger partial charge on any atom is -0.458 e. The van der Waals surface area contributed by atoms with E-state index in [1.165, 1.54) is 5.57 Å². The average Bonchev–Trinajstić information content (AvgIpc) is 2.56. The molecule has 0 unspecified atom stereocenters. The zero-order valence-corrected chi connectivity index (χ0v) is 10.8. The first-order valence-corrected chi connectivity index (χ1v) is 6.40. The molecule has 0 aromatic carbocycles. The van der Waals surface area contributed by atoms with Gasteiger partial charge >= 0.3 is 5.97 Å². The molecule has 0 saturated carbocycles. The number of esters is 1. The Labute approximate surface area is 108 Å². The Balaban J connectivity index is 2.25. The molecule has 2 rings (SSSR count). The van der Waals surface area contributed by atoms with E-state index in [-0.39, 0.29) is 18.0 Å². The monoisotopic (exact) mass is 248 g/mol. The Morgan fingerprint density at radius 2 is 2.17 bits per heavy atom. The molecule has 1 aliphatic carbocycles. The van der Waals surface area contributed by atoms with Gasteiger partial charge in [-0.25, -0.2) is 4.79 Å². The van der Waals surface area contributed by atoms with Crippen LogP contribution < -0.4 is 0 Å². The topological polar surface area (TPSA) is 46.5 Å². The molecule has 0 aromatic rings. The second kappa shape index (κ2) is 5.11. The predicted octanol–water partition coefficient (Wildman–Crippen LogP) is 2.52. The largest absolute Gasteiger partial charge is 0.458 e. The number of hydrogen-bond acceptors (Lipinski definition) is 3. The van der Waals surface area contributed by atoms with E-state index >= 15 is 0 Å². The van der Waals surface area contributed by atoms with Crippen molar-refractivity contribution in [3.8, 4) is 0 Å². The standard InChI is InChI=1S/C15H20O3/c1-9-5-4-6-10(2)13(16)8-12-11(3)15(17)18-14(12)7-9/h5,12-14,16H,2-4,6-8H2,1H3/b9-5+/t12-,13+,14+/m1/s1. The maximum atomic E-state index is 11.6. The van der Waals surface area contributed by atoms with E-state index in [1.807, 2.05) is 6.92 Å². The number of hydrogen-bond donors (Lipinski definition) is 1. The molecule has 0 amide bonds. The maximum absolute atomic E-state index is 11.6. The fourth-order valence-corrected chi connectivity index (χ4v) is 2.63. The number of fused-ring (bicyclic) bond motifs is 1. The smallest absolute Gasteiger partial charge is 0.334 e. The van der Waals surface area contributed by atoms with Crippen molar-refractivity contribution in [1.29, 1.82) is 0 Å². The SMILES string of the molecule is C=C1C(=O)O[C@H]2C/C(C)=C/CCC(=C)[C@@H](O)C[C@H]12. The third kappa shape index (κ3) is 2.56. The van der Waals surface area contributed by atoms with Crippen LogP contribution in [-0.4, -0.2) is 23.3 Å². The number of aliphatic hydroxyl groups excluding tert-OH is 1. The fraction of sp³-hybridized carbons (Fsp3) is 0.533. The molecule has 0 aromatic heterocycles. The predicted molar refractivity (Wildman–Crippen MR) is 69.9 cm³/mol. The normalized spacial score (nSPS) is 36.7. The minimum absolute atomic E-state index is 0.0919. The van der Waals surface area contributed by atoms with Crippen LogP contribution in [0.1, 0.15) is 32.6 Å². The van der Waals surface area contributed by atoms with Crippen molar-refractivity contribution in [2.45, 2.75) is 44.8 Å². The van der Waals surface area contributed by atoms with Crippen LogP contribution in [0.15, 0.2) is 36.0 Å². The van der Waals surface area contributed by atoms with Crippen molar-refractivity contribution in [2.24, 2.45) is 5.92 Å². The van der Waals surface area contributed by atoms with Gasteiger partial charge < -0.3 is 9.84 Å². The van der Waals surface area contributed by atoms with Gasteiger partial charge in [0.05, 0.1) is 6.10 Å². The van der Waals surface area contributed by atoms with Gasteiger partial charge in [-0.05, 0) is 31.8 Å². The lowest BCUT2D eigenvalue weighted by Crippen LogP contribution is -2.24. The van der Waals surface area contributed by atoms with Crippen LogP contribution in [0.5, 0.6) is 0 Å². The van der Waals surface area contributed by atoms with Crippen LogP contribution in [0.2, 0.25) is 0 Å². The summed E-state index contributed by atoms with van der Waals surface area (Å²) in [4.78, 5) is 11.6. The third-order valence-electron chi connectivity index (χ3n) is 3.85. The Morgan fingerprint density at radius 1 is 1.44 bits per heavy atom. The Bertz CT molecular complexity index is 419. The van der Waals surface area contributed by atoms with Crippen LogP contribution in [0, 0.1) is 5.92 Å². The summed E-state index contributed by atoms with van der Waals surface area (Å²) < 4.78 is 5.34. The van der Waals surface area contributed by atoms with Gasteiger partial charge in [-0.3, -0.25) is 0 Å². The molecule has 0 spiro atoms. The molecule has 1 fully saturated rings. The lowest BCUT2D eigenvalue weighted by molar-refractivity contribution is -0.139. The van der Waals surface area contributed by atoms with Crippen molar-refractivity contribution in [3.05, 3.63) is 36.0 Å². The summed E-state index contributed by atoms with van der Waals surface area (Å²) in [5, 5.41) is 10.1. The first kappa shape index (κ1) is 13.1. The molecule has 2 aliphatic rings. The Kier molecular flexibility index (Phi) is 3.71. The number of allylic oxidation sites excluding steroid dienone is 1. The van der Waals surface area contributed by atoms with Crippen LogP contribution in [0.25, 0.3) is 0 Å². The van der Waals surface area contributed by atoms with Gasteiger partial charge in [0.15, 0.2) is 0 Å². The molecule has 0 bridgehead atoms. The van der Waals surface area contributed by atoms with Gasteiger partial charge in [0.1, 0.15) is 6.10 Å². The first-order valence-electron chi connectivity index (χ1n) is 6.40. The van der Waals surface area contributed by atoms with Gasteiger partial charge in [0, 0.05) is 17.9 Å². The van der Waals surface area contributed by atoms with Crippen molar-refractivity contribution >= 4 is 5.97 Å². The molecule has 3 heteroatoms. The van der Waals surface area contributed by atoms with Crippen molar-refractivity contribution < 1.29 is 14.6 Å². The maximum Gasteiger partial charge on any atom is 0.334 e. The van der Waals surface area contributed by atoms with E-state index in [9.17, 15) is 9.90 Å². The van der Waals surface area contributed by atoms with Crippen molar-refractivity contribution in [1.82, 2.24) is 0 Å². The van der Waals surface area contributed by atoms with Crippen LogP contribution in [-0.2, 0) is 9.53 Å². The molecule has 18 heavy (non-hydrogen) atoms. The van der Waals surface area contributed by atoms with E-state index in [0.29, 0.717) is 12.0 Å². The van der Waals surface area contributed by atoms with Gasteiger partial charge in [-0.1, -0.05) is 24.8 Å². The zero-order chi connectivity index (χ0) is 13.3. The minimum atomic E-state index is -0.574. The van der Waals surface area contributed by atoms with Crippen LogP contribution >= 0.6 is 0 Å². The van der Waals surface area contributed by atoms with E-state index in [2.05, 4.69) is 19.2 Å². The highest BCUT2D eigenvalue weighted by atomic mass is 16.6. The number of aliphatic hydroxyl groups is 1. The Hall–Kier alpha value is -1.35. The Morgan fingerprint density at radius 3 is 2.89 bits per heavy atom. The summed E-state index contributed by atoms with van der Waals surface area (Å²) in [5.41, 5.74) is 2.53. The number of carbonyl (C=O) groups is 1.